The lowest BCUT2D eigenvalue weighted by atomic mass is 9.98. The van der Waals surface area contributed by atoms with Crippen molar-refractivity contribution in [1.82, 2.24) is 4.98 Å². The second-order valence-corrected chi connectivity index (χ2v) is 6.96. The summed E-state index contributed by atoms with van der Waals surface area (Å²) >= 11 is 6.40. The van der Waals surface area contributed by atoms with Gasteiger partial charge in [0, 0.05) is 36.2 Å². The van der Waals surface area contributed by atoms with Gasteiger partial charge in [-0.3, -0.25) is 9.78 Å². The Labute approximate surface area is 152 Å². The third kappa shape index (κ3) is 2.89. The third-order valence-electron chi connectivity index (χ3n) is 4.97. The molecule has 0 bridgehead atoms. The van der Waals surface area contributed by atoms with Crippen LogP contribution in [-0.4, -0.2) is 23.9 Å². The molecule has 3 aromatic rings. The van der Waals surface area contributed by atoms with E-state index in [4.69, 9.17) is 11.6 Å². The summed E-state index contributed by atoms with van der Waals surface area (Å²) in [7, 11) is 0. The standard InChI is InChI=1S/C21H19ClN2O/c1-14(25)18-12-19(22)17-8-5-10-23-20(17)21(18)24-11-9-16(13-24)15-6-3-2-4-7-15/h2-8,10,12,16H,9,11,13H2,1H3. The molecule has 1 aromatic heterocycles. The molecule has 4 rings (SSSR count). The van der Waals surface area contributed by atoms with Crippen LogP contribution in [0.25, 0.3) is 10.9 Å². The summed E-state index contributed by atoms with van der Waals surface area (Å²) in [6, 6.07) is 16.2. The highest BCUT2D eigenvalue weighted by Gasteiger charge is 2.28. The Morgan fingerprint density at radius 3 is 2.76 bits per heavy atom. The predicted molar refractivity (Wildman–Crippen MR) is 103 cm³/mol. The van der Waals surface area contributed by atoms with Crippen LogP contribution in [-0.2, 0) is 0 Å². The van der Waals surface area contributed by atoms with Gasteiger partial charge in [-0.05, 0) is 37.1 Å². The summed E-state index contributed by atoms with van der Waals surface area (Å²) in [6.07, 6.45) is 2.83. The summed E-state index contributed by atoms with van der Waals surface area (Å²) in [4.78, 5) is 19.1. The Morgan fingerprint density at radius 1 is 1.20 bits per heavy atom. The normalized spacial score (nSPS) is 17.2. The molecular formula is C21H19ClN2O. The Morgan fingerprint density at radius 2 is 2.00 bits per heavy atom. The van der Waals surface area contributed by atoms with Crippen LogP contribution in [0.4, 0.5) is 5.69 Å². The molecule has 1 unspecified atom stereocenters. The molecule has 0 amide bonds. The summed E-state index contributed by atoms with van der Waals surface area (Å²) in [6.45, 7) is 3.39. The number of hydrogen-bond acceptors (Lipinski definition) is 3. The van der Waals surface area contributed by atoms with Gasteiger partial charge in [-0.25, -0.2) is 0 Å². The first kappa shape index (κ1) is 16.1. The molecule has 0 spiro atoms. The highest BCUT2D eigenvalue weighted by molar-refractivity contribution is 6.36. The lowest BCUT2D eigenvalue weighted by molar-refractivity contribution is 0.101. The fourth-order valence-corrected chi connectivity index (χ4v) is 4.00. The number of pyridine rings is 1. The maximum absolute atomic E-state index is 12.3. The zero-order valence-electron chi connectivity index (χ0n) is 14.1. The summed E-state index contributed by atoms with van der Waals surface area (Å²) in [5.41, 5.74) is 3.74. The van der Waals surface area contributed by atoms with E-state index < -0.39 is 0 Å². The number of Topliss-reactive ketones (excluding diaryl/α,β-unsaturated/α-hetero) is 1. The molecule has 0 radical (unpaired) electrons. The van der Waals surface area contributed by atoms with Crippen LogP contribution in [0.15, 0.2) is 54.7 Å². The number of ketones is 1. The SMILES string of the molecule is CC(=O)c1cc(Cl)c2cccnc2c1N1CCC(c2ccccc2)C1. The zero-order chi connectivity index (χ0) is 17.4. The van der Waals surface area contributed by atoms with E-state index in [0.717, 1.165) is 36.1 Å². The lowest BCUT2D eigenvalue weighted by Crippen LogP contribution is -2.22. The molecule has 3 nitrogen and oxygen atoms in total. The van der Waals surface area contributed by atoms with Crippen LogP contribution in [0.2, 0.25) is 5.02 Å². The van der Waals surface area contributed by atoms with Gasteiger partial charge in [-0.2, -0.15) is 0 Å². The van der Waals surface area contributed by atoms with E-state index in [1.807, 2.05) is 18.2 Å². The number of fused-ring (bicyclic) bond motifs is 1. The van der Waals surface area contributed by atoms with Crippen molar-refractivity contribution in [3.05, 3.63) is 70.9 Å². The highest BCUT2D eigenvalue weighted by Crippen LogP contribution is 2.39. The first-order chi connectivity index (χ1) is 12.1. The van der Waals surface area contributed by atoms with Crippen molar-refractivity contribution in [2.45, 2.75) is 19.3 Å². The predicted octanol–water partition coefficient (Wildman–Crippen LogP) is 5.08. The molecule has 1 saturated heterocycles. The number of carbonyl (C=O) groups excluding carboxylic acids is 1. The number of nitrogens with zero attached hydrogens (tertiary/aromatic N) is 2. The quantitative estimate of drug-likeness (QED) is 0.617. The maximum atomic E-state index is 12.3. The van der Waals surface area contributed by atoms with E-state index in [9.17, 15) is 4.79 Å². The lowest BCUT2D eigenvalue weighted by Gasteiger charge is -2.23. The van der Waals surface area contributed by atoms with Crippen LogP contribution in [0.1, 0.15) is 35.2 Å². The van der Waals surface area contributed by atoms with Gasteiger partial charge in [0.05, 0.1) is 16.2 Å². The van der Waals surface area contributed by atoms with Crippen molar-refractivity contribution in [2.75, 3.05) is 18.0 Å². The molecule has 25 heavy (non-hydrogen) atoms. The van der Waals surface area contributed by atoms with Crippen molar-refractivity contribution in [3.8, 4) is 0 Å². The average molecular weight is 351 g/mol. The number of hydrogen-bond donors (Lipinski definition) is 0. The molecule has 4 heteroatoms. The second kappa shape index (κ2) is 6.49. The molecule has 0 aliphatic carbocycles. The van der Waals surface area contributed by atoms with Crippen LogP contribution in [0.3, 0.4) is 0 Å². The zero-order valence-corrected chi connectivity index (χ0v) is 14.8. The van der Waals surface area contributed by atoms with Gasteiger partial charge >= 0.3 is 0 Å². The monoisotopic (exact) mass is 350 g/mol. The number of carbonyl (C=O) groups is 1. The fourth-order valence-electron chi connectivity index (χ4n) is 3.74. The summed E-state index contributed by atoms with van der Waals surface area (Å²) in [5.74, 6) is 0.489. The van der Waals surface area contributed by atoms with Gasteiger partial charge < -0.3 is 4.90 Å². The van der Waals surface area contributed by atoms with E-state index >= 15 is 0 Å². The van der Waals surface area contributed by atoms with Crippen LogP contribution in [0.5, 0.6) is 0 Å². The largest absolute Gasteiger partial charge is 0.369 e. The Hall–Kier alpha value is -2.39. The smallest absolute Gasteiger partial charge is 0.162 e. The first-order valence-electron chi connectivity index (χ1n) is 8.53. The van der Waals surface area contributed by atoms with Crippen LogP contribution < -0.4 is 4.90 Å². The van der Waals surface area contributed by atoms with E-state index in [1.165, 1.54) is 5.56 Å². The minimum absolute atomic E-state index is 0.0209. The van der Waals surface area contributed by atoms with Gasteiger partial charge in [0.2, 0.25) is 0 Å². The van der Waals surface area contributed by atoms with E-state index in [2.05, 4.69) is 34.1 Å². The van der Waals surface area contributed by atoms with Crippen molar-refractivity contribution in [3.63, 3.8) is 0 Å². The molecule has 1 aliphatic heterocycles. The number of rotatable bonds is 3. The van der Waals surface area contributed by atoms with Crippen molar-refractivity contribution >= 4 is 34.0 Å². The molecule has 0 saturated carbocycles. The topological polar surface area (TPSA) is 33.2 Å². The molecule has 0 N–H and O–H groups in total. The van der Waals surface area contributed by atoms with E-state index in [-0.39, 0.29) is 5.78 Å². The Kier molecular flexibility index (Phi) is 4.18. The maximum Gasteiger partial charge on any atom is 0.162 e. The van der Waals surface area contributed by atoms with Crippen molar-refractivity contribution in [1.29, 1.82) is 0 Å². The molecule has 2 heterocycles. The van der Waals surface area contributed by atoms with Gasteiger partial charge in [-0.1, -0.05) is 41.9 Å². The molecular weight excluding hydrogens is 332 g/mol. The number of anilines is 1. The van der Waals surface area contributed by atoms with Crippen LogP contribution >= 0.6 is 11.6 Å². The Bertz CT molecular complexity index is 939. The number of halogens is 1. The minimum Gasteiger partial charge on any atom is -0.369 e. The molecule has 126 valence electrons. The van der Waals surface area contributed by atoms with Gasteiger partial charge in [0.1, 0.15) is 0 Å². The molecule has 1 aliphatic rings. The van der Waals surface area contributed by atoms with Gasteiger partial charge in [0.15, 0.2) is 5.78 Å². The van der Waals surface area contributed by atoms with Crippen molar-refractivity contribution in [2.24, 2.45) is 0 Å². The van der Waals surface area contributed by atoms with Gasteiger partial charge in [0.25, 0.3) is 0 Å². The fraction of sp³-hybridized carbons (Fsp3) is 0.238. The summed E-state index contributed by atoms with van der Waals surface area (Å²) < 4.78 is 0. The number of aromatic nitrogens is 1. The summed E-state index contributed by atoms with van der Waals surface area (Å²) in [5, 5.41) is 1.48. The number of benzene rings is 2. The Balaban J connectivity index is 1.80. The first-order valence-corrected chi connectivity index (χ1v) is 8.91. The highest BCUT2D eigenvalue weighted by atomic mass is 35.5. The minimum atomic E-state index is 0.0209. The van der Waals surface area contributed by atoms with E-state index in [0.29, 0.717) is 16.5 Å². The van der Waals surface area contributed by atoms with E-state index in [1.54, 1.807) is 19.2 Å². The second-order valence-electron chi connectivity index (χ2n) is 6.55. The molecule has 1 fully saturated rings. The van der Waals surface area contributed by atoms with Crippen molar-refractivity contribution < 1.29 is 4.79 Å². The van der Waals surface area contributed by atoms with Crippen LogP contribution in [0, 0.1) is 0 Å². The average Bonchev–Trinajstić information content (AvgIpc) is 3.12. The third-order valence-corrected chi connectivity index (χ3v) is 5.28. The van der Waals surface area contributed by atoms with Gasteiger partial charge in [-0.15, -0.1) is 0 Å². The molecule has 2 aromatic carbocycles. The molecule has 1 atom stereocenters.